The van der Waals surface area contributed by atoms with Gasteiger partial charge in [-0.2, -0.15) is 39.5 Å². The van der Waals surface area contributed by atoms with E-state index in [-0.39, 0.29) is 23.9 Å². The first-order chi connectivity index (χ1) is 14.4. The van der Waals surface area contributed by atoms with Crippen LogP contribution in [0.5, 0.6) is 0 Å². The third-order valence-electron chi connectivity index (χ3n) is 3.73. The molecule has 0 spiro atoms. The van der Waals surface area contributed by atoms with Gasteiger partial charge in [-0.15, -0.1) is 0 Å². The Morgan fingerprint density at radius 2 is 1.25 bits per heavy atom. The van der Waals surface area contributed by atoms with Crippen molar-refractivity contribution in [3.8, 4) is 0 Å². The van der Waals surface area contributed by atoms with E-state index in [1.54, 1.807) is 0 Å². The summed E-state index contributed by atoms with van der Waals surface area (Å²) >= 11 is 0. The molecule has 0 aliphatic rings. The van der Waals surface area contributed by atoms with Crippen LogP contribution in [0, 0.1) is 0 Å². The van der Waals surface area contributed by atoms with E-state index in [0.29, 0.717) is 0 Å². The highest BCUT2D eigenvalue weighted by atomic mass is 32.2. The lowest BCUT2D eigenvalue weighted by atomic mass is 10.0. The number of amides is 1. The Morgan fingerprint density at radius 3 is 1.66 bits per heavy atom. The van der Waals surface area contributed by atoms with Crippen LogP contribution in [0.25, 0.3) is 0 Å². The van der Waals surface area contributed by atoms with Gasteiger partial charge in [0.25, 0.3) is 5.91 Å². The fraction of sp³-hybridized carbons (Fsp3) is 0.235. The van der Waals surface area contributed by atoms with Crippen LogP contribution < -0.4 is 10.0 Å². The highest BCUT2D eigenvalue weighted by molar-refractivity contribution is 7.89. The van der Waals surface area contributed by atoms with E-state index < -0.39 is 62.6 Å². The van der Waals surface area contributed by atoms with Crippen molar-refractivity contribution in [1.82, 2.24) is 4.72 Å². The monoisotopic (exact) mass is 494 g/mol. The van der Waals surface area contributed by atoms with E-state index in [9.17, 15) is 52.7 Å². The number of hydrogen-bond acceptors (Lipinski definition) is 3. The van der Waals surface area contributed by atoms with Crippen molar-refractivity contribution < 1.29 is 52.7 Å². The Kier molecular flexibility index (Phi) is 6.85. The van der Waals surface area contributed by atoms with Gasteiger partial charge in [-0.3, -0.25) is 4.79 Å². The minimum Gasteiger partial charge on any atom is -0.322 e. The SMILES string of the molecule is O=C(Nc1ccc(S(=O)(=O)NCC(F)(F)F)cc1)c1cc(C(F)(F)F)cc(C(F)(F)F)c1. The molecule has 0 bridgehead atoms. The van der Waals surface area contributed by atoms with Crippen molar-refractivity contribution in [2.75, 3.05) is 11.9 Å². The van der Waals surface area contributed by atoms with Crippen LogP contribution >= 0.6 is 0 Å². The molecule has 0 aromatic heterocycles. The standard InChI is InChI=1S/C17H11F9N2O3S/c18-15(19,20)8-27-32(30,31)13-3-1-12(2-4-13)28-14(29)9-5-10(16(21,22)23)7-11(6-9)17(24,25)26/h1-7,27H,8H2,(H,28,29). The quantitative estimate of drug-likeness (QED) is 0.586. The van der Waals surface area contributed by atoms with Gasteiger partial charge in [0.1, 0.15) is 6.54 Å². The number of benzene rings is 2. The second kappa shape index (κ2) is 8.61. The molecule has 0 fully saturated rings. The van der Waals surface area contributed by atoms with Gasteiger partial charge < -0.3 is 5.32 Å². The van der Waals surface area contributed by atoms with Crippen molar-refractivity contribution in [3.63, 3.8) is 0 Å². The number of alkyl halides is 9. The average molecular weight is 494 g/mol. The van der Waals surface area contributed by atoms with Crippen molar-refractivity contribution in [2.45, 2.75) is 23.4 Å². The molecule has 0 unspecified atom stereocenters. The lowest BCUT2D eigenvalue weighted by Gasteiger charge is -2.14. The van der Waals surface area contributed by atoms with E-state index in [1.807, 2.05) is 5.32 Å². The number of carbonyl (C=O) groups excluding carboxylic acids is 1. The molecule has 0 saturated carbocycles. The summed E-state index contributed by atoms with van der Waals surface area (Å²) in [4.78, 5) is 11.5. The van der Waals surface area contributed by atoms with Gasteiger partial charge in [0.2, 0.25) is 10.0 Å². The summed E-state index contributed by atoms with van der Waals surface area (Å²) in [6.45, 7) is -1.84. The summed E-state index contributed by atoms with van der Waals surface area (Å²) in [6.07, 6.45) is -15.2. The predicted octanol–water partition coefficient (Wildman–Crippen LogP) is 4.82. The molecule has 0 saturated heterocycles. The molecule has 32 heavy (non-hydrogen) atoms. The smallest absolute Gasteiger partial charge is 0.322 e. The maximum atomic E-state index is 12.9. The van der Waals surface area contributed by atoms with Gasteiger partial charge in [-0.05, 0) is 42.5 Å². The van der Waals surface area contributed by atoms with E-state index in [1.165, 1.54) is 4.72 Å². The first kappa shape index (κ1) is 25.5. The summed E-state index contributed by atoms with van der Waals surface area (Å²) in [7, 11) is -4.57. The molecule has 0 radical (unpaired) electrons. The molecule has 0 aliphatic heterocycles. The maximum absolute atomic E-state index is 12.9. The molecule has 2 N–H and O–H groups in total. The lowest BCUT2D eigenvalue weighted by Crippen LogP contribution is -2.33. The molecule has 0 aliphatic carbocycles. The fourth-order valence-corrected chi connectivity index (χ4v) is 3.28. The molecule has 1 amide bonds. The van der Waals surface area contributed by atoms with Gasteiger partial charge in [0.15, 0.2) is 0 Å². The number of nitrogens with one attached hydrogen (secondary N) is 2. The van der Waals surface area contributed by atoms with E-state index in [2.05, 4.69) is 0 Å². The number of hydrogen-bond donors (Lipinski definition) is 2. The molecular formula is C17H11F9N2O3S. The summed E-state index contributed by atoms with van der Waals surface area (Å²) in [5, 5.41) is 1.98. The highest BCUT2D eigenvalue weighted by Gasteiger charge is 2.37. The Bertz CT molecular complexity index is 1060. The number of anilines is 1. The average Bonchev–Trinajstić information content (AvgIpc) is 2.64. The molecule has 2 rings (SSSR count). The predicted molar refractivity (Wildman–Crippen MR) is 92.1 cm³/mol. The van der Waals surface area contributed by atoms with E-state index in [0.717, 1.165) is 24.3 Å². The Hall–Kier alpha value is -2.81. The molecule has 2 aromatic carbocycles. The van der Waals surface area contributed by atoms with Crippen molar-refractivity contribution >= 4 is 21.6 Å². The molecule has 176 valence electrons. The Balaban J connectivity index is 2.26. The molecular weight excluding hydrogens is 483 g/mol. The molecule has 0 atom stereocenters. The highest BCUT2D eigenvalue weighted by Crippen LogP contribution is 2.36. The lowest BCUT2D eigenvalue weighted by molar-refractivity contribution is -0.143. The minimum absolute atomic E-state index is 0.162. The van der Waals surface area contributed by atoms with Crippen LogP contribution in [0.1, 0.15) is 21.5 Å². The first-order valence-corrected chi connectivity index (χ1v) is 9.64. The molecule has 0 heterocycles. The normalized spacial score (nSPS) is 13.2. The summed E-state index contributed by atoms with van der Waals surface area (Å²) in [5.74, 6) is -1.37. The third-order valence-corrected chi connectivity index (χ3v) is 5.15. The summed E-state index contributed by atoms with van der Waals surface area (Å²) in [6, 6.07) is 3.57. The van der Waals surface area contributed by atoms with Crippen LogP contribution in [0.2, 0.25) is 0 Å². The molecule has 15 heteroatoms. The van der Waals surface area contributed by atoms with Gasteiger partial charge in [-0.25, -0.2) is 13.1 Å². The van der Waals surface area contributed by atoms with E-state index in [4.69, 9.17) is 0 Å². The molecule has 5 nitrogen and oxygen atoms in total. The first-order valence-electron chi connectivity index (χ1n) is 8.16. The van der Waals surface area contributed by atoms with Crippen LogP contribution in [-0.4, -0.2) is 27.0 Å². The zero-order valence-electron chi connectivity index (χ0n) is 15.3. The third kappa shape index (κ3) is 6.85. The Labute approximate surface area is 174 Å². The van der Waals surface area contributed by atoms with Crippen molar-refractivity contribution in [2.24, 2.45) is 0 Å². The summed E-state index contributed by atoms with van der Waals surface area (Å²) < 4.78 is 139. The number of sulfonamides is 1. The Morgan fingerprint density at radius 1 is 0.781 bits per heavy atom. The van der Waals surface area contributed by atoms with Gasteiger partial charge in [0, 0.05) is 11.3 Å². The number of rotatable bonds is 5. The zero-order valence-corrected chi connectivity index (χ0v) is 16.1. The second-order valence-corrected chi connectivity index (χ2v) is 7.98. The van der Waals surface area contributed by atoms with Crippen molar-refractivity contribution in [3.05, 3.63) is 59.2 Å². The van der Waals surface area contributed by atoms with Gasteiger partial charge in [0.05, 0.1) is 16.0 Å². The van der Waals surface area contributed by atoms with E-state index >= 15 is 0 Å². The van der Waals surface area contributed by atoms with Gasteiger partial charge in [-0.1, -0.05) is 0 Å². The van der Waals surface area contributed by atoms with Crippen LogP contribution in [0.15, 0.2) is 47.4 Å². The largest absolute Gasteiger partial charge is 0.416 e. The second-order valence-electron chi connectivity index (χ2n) is 6.21. The van der Waals surface area contributed by atoms with Gasteiger partial charge >= 0.3 is 18.5 Å². The zero-order chi connectivity index (χ0) is 24.5. The number of halogens is 9. The summed E-state index contributed by atoms with van der Waals surface area (Å²) in [5.41, 5.74) is -4.64. The van der Waals surface area contributed by atoms with Crippen LogP contribution in [-0.2, 0) is 22.4 Å². The molecule has 2 aromatic rings. The fourth-order valence-electron chi connectivity index (χ4n) is 2.27. The topological polar surface area (TPSA) is 75.3 Å². The van der Waals surface area contributed by atoms with Crippen LogP contribution in [0.3, 0.4) is 0 Å². The van der Waals surface area contributed by atoms with Crippen molar-refractivity contribution in [1.29, 1.82) is 0 Å². The maximum Gasteiger partial charge on any atom is 0.416 e. The minimum atomic E-state index is -5.17. The number of carbonyl (C=O) groups is 1. The van der Waals surface area contributed by atoms with Crippen LogP contribution in [0.4, 0.5) is 45.2 Å².